The zero-order valence-corrected chi connectivity index (χ0v) is 14.2. The van der Waals surface area contributed by atoms with Gasteiger partial charge in [-0.05, 0) is 38.4 Å². The van der Waals surface area contributed by atoms with Gasteiger partial charge in [0, 0.05) is 18.2 Å². The van der Waals surface area contributed by atoms with Gasteiger partial charge in [-0.1, -0.05) is 34.4 Å². The molecule has 1 amide bonds. The lowest BCUT2D eigenvalue weighted by molar-refractivity contribution is 0.0929. The van der Waals surface area contributed by atoms with E-state index in [4.69, 9.17) is 27.7 Å². The van der Waals surface area contributed by atoms with Gasteiger partial charge in [-0.2, -0.15) is 0 Å². The fraction of sp³-hybridized carbons (Fsp3) is 0.375. The third-order valence-electron chi connectivity index (χ3n) is 3.92. The van der Waals surface area contributed by atoms with E-state index in [0.29, 0.717) is 32.6 Å². The van der Waals surface area contributed by atoms with Crippen molar-refractivity contribution in [2.45, 2.75) is 25.8 Å². The second-order valence-electron chi connectivity index (χ2n) is 5.58. The Bertz CT molecular complexity index is 704. The second kappa shape index (κ2) is 6.91. The summed E-state index contributed by atoms with van der Waals surface area (Å²) in [5.74, 6) is 0.223. The Kier molecular flexibility index (Phi) is 4.90. The molecule has 1 unspecified atom stereocenters. The number of hydrogen-bond donors (Lipinski definition) is 2. The molecular weight excluding hydrogens is 337 g/mol. The van der Waals surface area contributed by atoms with Crippen molar-refractivity contribution in [1.29, 1.82) is 0 Å². The van der Waals surface area contributed by atoms with Crippen molar-refractivity contribution in [2.75, 3.05) is 13.1 Å². The van der Waals surface area contributed by atoms with Crippen molar-refractivity contribution >= 4 is 29.1 Å². The maximum absolute atomic E-state index is 12.7. The van der Waals surface area contributed by atoms with Crippen LogP contribution in [0.25, 0.3) is 11.3 Å². The molecule has 2 N–H and O–H groups in total. The number of halogens is 2. The smallest absolute Gasteiger partial charge is 0.257 e. The number of carbonyl (C=O) groups is 1. The van der Waals surface area contributed by atoms with Gasteiger partial charge in [-0.3, -0.25) is 4.79 Å². The Morgan fingerprint density at radius 1 is 1.39 bits per heavy atom. The van der Waals surface area contributed by atoms with E-state index in [1.165, 1.54) is 0 Å². The zero-order valence-electron chi connectivity index (χ0n) is 12.7. The van der Waals surface area contributed by atoms with Crippen LogP contribution in [0, 0.1) is 6.92 Å². The Hall–Kier alpha value is -1.56. The summed E-state index contributed by atoms with van der Waals surface area (Å²) in [5, 5.41) is 11.2. The Labute approximate surface area is 144 Å². The molecule has 1 aromatic heterocycles. The van der Waals surface area contributed by atoms with Crippen LogP contribution >= 0.6 is 23.2 Å². The lowest BCUT2D eigenvalue weighted by Crippen LogP contribution is -2.45. The molecule has 1 fully saturated rings. The minimum absolute atomic E-state index is 0.0973. The molecule has 122 valence electrons. The van der Waals surface area contributed by atoms with Gasteiger partial charge in [0.2, 0.25) is 0 Å². The molecule has 7 heteroatoms. The van der Waals surface area contributed by atoms with Gasteiger partial charge in [0.15, 0.2) is 0 Å². The third kappa shape index (κ3) is 3.37. The first-order chi connectivity index (χ1) is 11.1. The van der Waals surface area contributed by atoms with E-state index in [9.17, 15) is 4.79 Å². The molecule has 1 atom stereocenters. The molecule has 0 radical (unpaired) electrons. The van der Waals surface area contributed by atoms with E-state index >= 15 is 0 Å². The van der Waals surface area contributed by atoms with Crippen LogP contribution in [-0.4, -0.2) is 30.2 Å². The van der Waals surface area contributed by atoms with Crippen LogP contribution in [0.5, 0.6) is 0 Å². The van der Waals surface area contributed by atoms with Crippen LogP contribution in [0.1, 0.15) is 29.0 Å². The molecule has 5 nitrogen and oxygen atoms in total. The van der Waals surface area contributed by atoms with Crippen LogP contribution in [-0.2, 0) is 0 Å². The number of aromatic nitrogens is 1. The number of hydrogen-bond acceptors (Lipinski definition) is 4. The molecular formula is C16H17Cl2N3O2. The van der Waals surface area contributed by atoms with Gasteiger partial charge in [0.25, 0.3) is 5.91 Å². The highest BCUT2D eigenvalue weighted by atomic mass is 35.5. The summed E-state index contributed by atoms with van der Waals surface area (Å²) >= 11 is 12.5. The standard InChI is InChI=1S/C16H17Cl2N3O2/c1-9-13(16(22)20-10-4-3-7-19-8-10)15(21-23-9)14-11(17)5-2-6-12(14)18/h2,5-6,10,19H,3-4,7-8H2,1H3,(H,20,22). The summed E-state index contributed by atoms with van der Waals surface area (Å²) in [7, 11) is 0. The SMILES string of the molecule is Cc1onc(-c2c(Cl)cccc2Cl)c1C(=O)NC1CCCNC1. The Morgan fingerprint density at radius 2 is 2.13 bits per heavy atom. The summed E-state index contributed by atoms with van der Waals surface area (Å²) in [6.07, 6.45) is 1.99. The van der Waals surface area contributed by atoms with E-state index in [1.54, 1.807) is 25.1 Å². The summed E-state index contributed by atoms with van der Waals surface area (Å²) in [4.78, 5) is 12.7. The third-order valence-corrected chi connectivity index (χ3v) is 4.55. The predicted molar refractivity (Wildman–Crippen MR) is 90.1 cm³/mol. The first-order valence-electron chi connectivity index (χ1n) is 7.50. The van der Waals surface area contributed by atoms with Gasteiger partial charge in [0.05, 0.1) is 10.0 Å². The van der Waals surface area contributed by atoms with Gasteiger partial charge < -0.3 is 15.2 Å². The molecule has 0 saturated carbocycles. The topological polar surface area (TPSA) is 67.2 Å². The van der Waals surface area contributed by atoms with Gasteiger partial charge in [0.1, 0.15) is 17.0 Å². The van der Waals surface area contributed by atoms with Crippen molar-refractivity contribution in [2.24, 2.45) is 0 Å². The molecule has 0 bridgehead atoms. The highest BCUT2D eigenvalue weighted by Gasteiger charge is 2.26. The zero-order chi connectivity index (χ0) is 16.4. The molecule has 2 heterocycles. The number of nitrogens with zero attached hydrogens (tertiary/aromatic N) is 1. The maximum atomic E-state index is 12.7. The maximum Gasteiger partial charge on any atom is 0.257 e. The quantitative estimate of drug-likeness (QED) is 0.886. The predicted octanol–water partition coefficient (Wildman–Crippen LogP) is 3.44. The molecule has 1 aliphatic rings. The van der Waals surface area contributed by atoms with Crippen LogP contribution in [0.3, 0.4) is 0 Å². The molecule has 2 aromatic rings. The number of aryl methyl sites for hydroxylation is 1. The first-order valence-corrected chi connectivity index (χ1v) is 8.25. The average Bonchev–Trinajstić information content (AvgIpc) is 2.90. The lowest BCUT2D eigenvalue weighted by atomic mass is 10.0. The van der Waals surface area contributed by atoms with E-state index in [2.05, 4.69) is 15.8 Å². The number of nitrogens with one attached hydrogen (secondary N) is 2. The van der Waals surface area contributed by atoms with Crippen LogP contribution < -0.4 is 10.6 Å². The van der Waals surface area contributed by atoms with Crippen LogP contribution in [0.2, 0.25) is 10.0 Å². The Morgan fingerprint density at radius 3 is 2.78 bits per heavy atom. The minimum atomic E-state index is -0.219. The van der Waals surface area contributed by atoms with E-state index < -0.39 is 0 Å². The summed E-state index contributed by atoms with van der Waals surface area (Å²) in [6.45, 7) is 3.45. The fourth-order valence-corrected chi connectivity index (χ4v) is 3.34. The molecule has 3 rings (SSSR count). The summed E-state index contributed by atoms with van der Waals surface area (Å²) in [5.41, 5.74) is 1.27. The van der Waals surface area contributed by atoms with E-state index in [0.717, 1.165) is 25.9 Å². The van der Waals surface area contributed by atoms with Crippen molar-refractivity contribution in [3.8, 4) is 11.3 Å². The van der Waals surface area contributed by atoms with Gasteiger partial charge in [-0.15, -0.1) is 0 Å². The highest BCUT2D eigenvalue weighted by Crippen LogP contribution is 2.36. The van der Waals surface area contributed by atoms with Crippen LogP contribution in [0.15, 0.2) is 22.7 Å². The number of benzene rings is 1. The summed E-state index contributed by atoms with van der Waals surface area (Å²) in [6, 6.07) is 5.26. The number of amides is 1. The lowest BCUT2D eigenvalue weighted by Gasteiger charge is -2.23. The van der Waals surface area contributed by atoms with Crippen LogP contribution in [0.4, 0.5) is 0 Å². The molecule has 1 aromatic carbocycles. The van der Waals surface area contributed by atoms with Crippen molar-refractivity contribution in [1.82, 2.24) is 15.8 Å². The van der Waals surface area contributed by atoms with Crippen molar-refractivity contribution in [3.05, 3.63) is 39.6 Å². The minimum Gasteiger partial charge on any atom is -0.360 e. The number of rotatable bonds is 3. The van der Waals surface area contributed by atoms with E-state index in [1.807, 2.05) is 0 Å². The van der Waals surface area contributed by atoms with Gasteiger partial charge >= 0.3 is 0 Å². The molecule has 1 aliphatic heterocycles. The number of carbonyl (C=O) groups excluding carboxylic acids is 1. The monoisotopic (exact) mass is 353 g/mol. The fourth-order valence-electron chi connectivity index (χ4n) is 2.77. The summed E-state index contributed by atoms with van der Waals surface area (Å²) < 4.78 is 5.23. The number of piperidine rings is 1. The highest BCUT2D eigenvalue weighted by molar-refractivity contribution is 6.39. The largest absolute Gasteiger partial charge is 0.360 e. The molecule has 1 saturated heterocycles. The van der Waals surface area contributed by atoms with Gasteiger partial charge in [-0.25, -0.2) is 0 Å². The molecule has 0 aliphatic carbocycles. The second-order valence-corrected chi connectivity index (χ2v) is 6.39. The van der Waals surface area contributed by atoms with Crippen molar-refractivity contribution in [3.63, 3.8) is 0 Å². The van der Waals surface area contributed by atoms with E-state index in [-0.39, 0.29) is 11.9 Å². The first kappa shape index (κ1) is 16.3. The Balaban J connectivity index is 1.94. The van der Waals surface area contributed by atoms with Crippen molar-refractivity contribution < 1.29 is 9.32 Å². The molecule has 0 spiro atoms. The normalized spacial score (nSPS) is 18.0. The average molecular weight is 354 g/mol. The molecule has 23 heavy (non-hydrogen) atoms.